The number of rotatable bonds is 2. The standard InChI is InChI=1S/C21H19BrN4O3/c1-12-5-6-21-16(7-12)20(11-25,18(26)29-21)19(9-23,10-24)17(28-21)13-3-4-15(27-2)14(22)8-13/h3-4,8,12,16-17,26H,5-7H2,1-2H3. The number of nitriles is 3. The van der Waals surface area contributed by atoms with Crippen LogP contribution in [0.2, 0.25) is 0 Å². The molecule has 148 valence electrons. The summed E-state index contributed by atoms with van der Waals surface area (Å²) in [5, 5.41) is 39.3. The van der Waals surface area contributed by atoms with Crippen LogP contribution in [-0.2, 0) is 9.47 Å². The van der Waals surface area contributed by atoms with Crippen LogP contribution in [0.3, 0.4) is 0 Å². The summed E-state index contributed by atoms with van der Waals surface area (Å²) in [6, 6.07) is 11.5. The molecule has 2 bridgehead atoms. The molecule has 2 heterocycles. The highest BCUT2D eigenvalue weighted by atomic mass is 79.9. The third-order valence-electron chi connectivity index (χ3n) is 6.65. The maximum Gasteiger partial charge on any atom is 0.217 e. The fourth-order valence-electron chi connectivity index (χ4n) is 5.17. The van der Waals surface area contributed by atoms with Gasteiger partial charge in [0.05, 0.1) is 35.7 Å². The van der Waals surface area contributed by atoms with Crippen LogP contribution in [0.25, 0.3) is 0 Å². The molecular formula is C21H19BrN4O3. The second kappa shape index (κ2) is 6.46. The molecule has 2 aliphatic heterocycles. The van der Waals surface area contributed by atoms with E-state index in [9.17, 15) is 15.8 Å². The van der Waals surface area contributed by atoms with Crippen molar-refractivity contribution in [3.05, 3.63) is 28.2 Å². The van der Waals surface area contributed by atoms with Gasteiger partial charge in [-0.25, -0.2) is 0 Å². The minimum atomic E-state index is -1.92. The van der Waals surface area contributed by atoms with E-state index in [4.69, 9.17) is 19.6 Å². The largest absolute Gasteiger partial charge is 0.496 e. The first-order valence-corrected chi connectivity index (χ1v) is 10.2. The molecule has 5 unspecified atom stereocenters. The number of methoxy groups -OCH3 is 1. The highest BCUT2D eigenvalue weighted by Gasteiger charge is 2.80. The zero-order valence-electron chi connectivity index (χ0n) is 16.0. The van der Waals surface area contributed by atoms with Crippen LogP contribution >= 0.6 is 15.9 Å². The van der Waals surface area contributed by atoms with Crippen molar-refractivity contribution in [2.24, 2.45) is 22.7 Å². The first kappa shape index (κ1) is 19.7. The molecule has 1 aliphatic carbocycles. The minimum Gasteiger partial charge on any atom is -0.496 e. The maximum absolute atomic E-state index is 10.3. The summed E-state index contributed by atoms with van der Waals surface area (Å²) in [7, 11) is 1.54. The van der Waals surface area contributed by atoms with Gasteiger partial charge in [-0.05, 0) is 52.4 Å². The van der Waals surface area contributed by atoms with E-state index in [-0.39, 0.29) is 11.8 Å². The molecule has 0 spiro atoms. The van der Waals surface area contributed by atoms with Crippen molar-refractivity contribution in [2.75, 3.05) is 7.11 Å². The van der Waals surface area contributed by atoms with Gasteiger partial charge in [0.25, 0.3) is 0 Å². The molecule has 1 aromatic carbocycles. The fourth-order valence-corrected chi connectivity index (χ4v) is 5.73. The van der Waals surface area contributed by atoms with E-state index in [2.05, 4.69) is 41.1 Å². The molecule has 0 aromatic heterocycles. The summed E-state index contributed by atoms with van der Waals surface area (Å²) in [4.78, 5) is 0. The SMILES string of the molecule is COc1ccc(C2OC34CCC(C)CC3C(C#N)(C(=N)O4)C2(C#N)C#N)cc1Br. The molecule has 1 aromatic rings. The van der Waals surface area contributed by atoms with Crippen LogP contribution in [0.5, 0.6) is 5.75 Å². The summed E-state index contributed by atoms with van der Waals surface area (Å²) in [6.07, 6.45) is 0.828. The molecule has 8 heteroatoms. The van der Waals surface area contributed by atoms with Gasteiger partial charge in [-0.15, -0.1) is 0 Å². The van der Waals surface area contributed by atoms with Crippen LogP contribution < -0.4 is 4.74 Å². The Balaban J connectivity index is 1.97. The first-order chi connectivity index (χ1) is 13.8. The van der Waals surface area contributed by atoms with Crippen LogP contribution in [0.15, 0.2) is 22.7 Å². The molecule has 29 heavy (non-hydrogen) atoms. The van der Waals surface area contributed by atoms with E-state index in [1.807, 2.05) is 0 Å². The lowest BCUT2D eigenvalue weighted by atomic mass is 9.50. The minimum absolute atomic E-state index is 0.278. The van der Waals surface area contributed by atoms with Crippen molar-refractivity contribution < 1.29 is 14.2 Å². The number of hydrogen-bond donors (Lipinski definition) is 1. The van der Waals surface area contributed by atoms with E-state index in [1.165, 1.54) is 0 Å². The molecule has 1 N–H and O–H groups in total. The number of nitrogens with one attached hydrogen (secondary N) is 1. The molecule has 0 radical (unpaired) electrons. The monoisotopic (exact) mass is 454 g/mol. The van der Waals surface area contributed by atoms with Crippen molar-refractivity contribution in [1.29, 1.82) is 21.2 Å². The molecule has 1 saturated carbocycles. The third-order valence-corrected chi connectivity index (χ3v) is 7.27. The molecule has 3 aliphatic rings. The van der Waals surface area contributed by atoms with Gasteiger partial charge in [0, 0.05) is 6.42 Å². The topological polar surface area (TPSA) is 123 Å². The van der Waals surface area contributed by atoms with Crippen LogP contribution in [0.4, 0.5) is 0 Å². The maximum atomic E-state index is 10.3. The van der Waals surface area contributed by atoms with E-state index >= 15 is 0 Å². The highest BCUT2D eigenvalue weighted by molar-refractivity contribution is 9.10. The Kier molecular flexibility index (Phi) is 4.39. The van der Waals surface area contributed by atoms with Gasteiger partial charge in [-0.2, -0.15) is 15.8 Å². The molecule has 3 fully saturated rings. The smallest absolute Gasteiger partial charge is 0.217 e. The van der Waals surface area contributed by atoms with Crippen molar-refractivity contribution >= 4 is 21.8 Å². The molecule has 0 amide bonds. The first-order valence-electron chi connectivity index (χ1n) is 9.37. The average Bonchev–Trinajstić information content (AvgIpc) is 2.91. The van der Waals surface area contributed by atoms with Gasteiger partial charge in [0.2, 0.25) is 17.1 Å². The van der Waals surface area contributed by atoms with Crippen molar-refractivity contribution in [1.82, 2.24) is 0 Å². The van der Waals surface area contributed by atoms with Gasteiger partial charge >= 0.3 is 0 Å². The molecule has 2 saturated heterocycles. The van der Waals surface area contributed by atoms with Crippen molar-refractivity contribution in [3.63, 3.8) is 0 Å². The van der Waals surface area contributed by atoms with Crippen LogP contribution in [-0.4, -0.2) is 18.8 Å². The number of halogens is 1. The molecule has 4 rings (SSSR count). The Morgan fingerprint density at radius 3 is 2.55 bits per heavy atom. The van der Waals surface area contributed by atoms with E-state index in [0.29, 0.717) is 28.6 Å². The Morgan fingerprint density at radius 1 is 1.24 bits per heavy atom. The second-order valence-corrected chi connectivity index (χ2v) is 8.87. The van der Waals surface area contributed by atoms with Gasteiger partial charge in [-0.1, -0.05) is 13.0 Å². The predicted octanol–water partition coefficient (Wildman–Crippen LogP) is 4.21. The zero-order valence-corrected chi connectivity index (χ0v) is 17.6. The number of hydrogen-bond acceptors (Lipinski definition) is 7. The summed E-state index contributed by atoms with van der Waals surface area (Å²) in [5.74, 6) is -1.19. The zero-order chi connectivity index (χ0) is 21.0. The van der Waals surface area contributed by atoms with Gasteiger partial charge in [0.1, 0.15) is 11.9 Å². The number of ether oxygens (including phenoxy) is 3. The normalized spacial score (nSPS) is 36.7. The summed E-state index contributed by atoms with van der Waals surface area (Å²) in [6.45, 7) is 2.06. The summed E-state index contributed by atoms with van der Waals surface area (Å²) >= 11 is 3.43. The number of benzene rings is 1. The second-order valence-electron chi connectivity index (χ2n) is 8.02. The van der Waals surface area contributed by atoms with Crippen LogP contribution in [0.1, 0.15) is 37.9 Å². The van der Waals surface area contributed by atoms with Crippen molar-refractivity contribution in [2.45, 2.75) is 38.1 Å². The summed E-state index contributed by atoms with van der Waals surface area (Å²) < 4.78 is 18.2. The summed E-state index contributed by atoms with van der Waals surface area (Å²) in [5.41, 5.74) is -3.06. The molecule has 7 nitrogen and oxygen atoms in total. The highest BCUT2D eigenvalue weighted by Crippen LogP contribution is 2.70. The van der Waals surface area contributed by atoms with E-state index in [0.717, 1.165) is 6.42 Å². The Labute approximate surface area is 177 Å². The molecule has 5 atom stereocenters. The molecular weight excluding hydrogens is 436 g/mol. The fraction of sp³-hybridized carbons (Fsp3) is 0.524. The Morgan fingerprint density at radius 2 is 1.97 bits per heavy atom. The Bertz CT molecular complexity index is 1010. The lowest BCUT2D eigenvalue weighted by Gasteiger charge is -2.52. The third kappa shape index (κ3) is 2.26. The predicted molar refractivity (Wildman–Crippen MR) is 104 cm³/mol. The van der Waals surface area contributed by atoms with Crippen molar-refractivity contribution in [3.8, 4) is 24.0 Å². The van der Waals surface area contributed by atoms with Gasteiger partial charge in [-0.3, -0.25) is 5.41 Å². The van der Waals surface area contributed by atoms with E-state index < -0.39 is 28.6 Å². The van der Waals surface area contributed by atoms with Gasteiger partial charge < -0.3 is 14.2 Å². The van der Waals surface area contributed by atoms with E-state index in [1.54, 1.807) is 25.3 Å². The number of nitrogens with zero attached hydrogens (tertiary/aromatic N) is 3. The van der Waals surface area contributed by atoms with Gasteiger partial charge in [0.15, 0.2) is 5.41 Å². The average molecular weight is 455 g/mol. The van der Waals surface area contributed by atoms with Crippen LogP contribution in [0, 0.1) is 62.1 Å². The Hall–Kier alpha value is -2.60. The lowest BCUT2D eigenvalue weighted by molar-refractivity contribution is -0.298. The quantitative estimate of drug-likeness (QED) is 0.713. The lowest BCUT2D eigenvalue weighted by Crippen LogP contribution is -2.60.